The molecule has 4 rings (SSSR count). The molecule has 0 saturated carbocycles. The number of anilines is 2. The zero-order chi connectivity index (χ0) is 25.8. The molecule has 36 heavy (non-hydrogen) atoms. The van der Waals surface area contributed by atoms with Crippen molar-refractivity contribution in [2.24, 2.45) is 10.8 Å². The topological polar surface area (TPSA) is 87.8 Å². The molecule has 0 unspecified atom stereocenters. The van der Waals surface area contributed by atoms with E-state index in [1.165, 1.54) is 19.1 Å². The van der Waals surface area contributed by atoms with Crippen molar-refractivity contribution >= 4 is 46.4 Å². The number of thioether (sulfide) groups is 1. The fourth-order valence-corrected chi connectivity index (χ4v) is 4.43. The molecule has 6 nitrogen and oxygen atoms in total. The molecule has 0 radical (unpaired) electrons. The number of halogens is 1. The van der Waals surface area contributed by atoms with Crippen LogP contribution in [-0.2, 0) is 11.2 Å². The van der Waals surface area contributed by atoms with Crippen LogP contribution in [0.5, 0.6) is 0 Å². The molecule has 184 valence electrons. The first-order valence-electron chi connectivity index (χ1n) is 11.5. The number of amides is 2. The number of nitrogens with zero attached hydrogens (tertiary/aromatic N) is 2. The number of rotatable bonds is 7. The number of hydrazone groups is 1. The van der Waals surface area contributed by atoms with Gasteiger partial charge < -0.3 is 11.1 Å². The van der Waals surface area contributed by atoms with Crippen LogP contribution in [0.2, 0.25) is 0 Å². The largest absolute Gasteiger partial charge is 0.365 e. The Kier molecular flexibility index (Phi) is 7.55. The van der Waals surface area contributed by atoms with Crippen molar-refractivity contribution in [3.63, 3.8) is 0 Å². The highest BCUT2D eigenvalue weighted by Crippen LogP contribution is 2.35. The summed E-state index contributed by atoms with van der Waals surface area (Å²) < 4.78 is 13.6. The molecule has 1 aliphatic carbocycles. The minimum absolute atomic E-state index is 0.112. The van der Waals surface area contributed by atoms with Crippen molar-refractivity contribution in [3.8, 4) is 0 Å². The van der Waals surface area contributed by atoms with Gasteiger partial charge in [0.2, 0.25) is 0 Å². The van der Waals surface area contributed by atoms with Gasteiger partial charge in [-0.3, -0.25) is 9.59 Å². The van der Waals surface area contributed by atoms with Crippen LogP contribution in [-0.4, -0.2) is 23.8 Å². The van der Waals surface area contributed by atoms with Crippen LogP contribution in [0.1, 0.15) is 40.4 Å². The lowest BCUT2D eigenvalue weighted by atomic mass is 9.93. The van der Waals surface area contributed by atoms with Crippen molar-refractivity contribution in [2.45, 2.75) is 31.6 Å². The lowest BCUT2D eigenvalue weighted by molar-refractivity contribution is -0.112. The Labute approximate surface area is 214 Å². The molecule has 0 aliphatic heterocycles. The number of carbonyl (C=O) groups excluding carboxylic acids is 2. The first-order chi connectivity index (χ1) is 17.3. The number of aryl methyl sites for hydroxylation is 2. The van der Waals surface area contributed by atoms with E-state index in [0.29, 0.717) is 16.9 Å². The highest BCUT2D eigenvalue weighted by Gasteiger charge is 2.22. The number of carbonyl (C=O) groups is 2. The van der Waals surface area contributed by atoms with E-state index in [1.54, 1.807) is 28.9 Å². The highest BCUT2D eigenvalue weighted by atomic mass is 32.2. The maximum absolute atomic E-state index is 13.6. The van der Waals surface area contributed by atoms with Gasteiger partial charge in [0.05, 0.1) is 11.4 Å². The first kappa shape index (κ1) is 25.2. The predicted molar refractivity (Wildman–Crippen MR) is 145 cm³/mol. The fraction of sp³-hybridized carbons (Fsp3) is 0.179. The molecule has 0 atom stereocenters. The maximum Gasteiger partial charge on any atom is 0.264 e. The summed E-state index contributed by atoms with van der Waals surface area (Å²) in [6.07, 6.45) is 5.56. The molecule has 0 heterocycles. The van der Waals surface area contributed by atoms with Crippen LogP contribution in [0.15, 0.2) is 76.7 Å². The third kappa shape index (κ3) is 5.49. The van der Waals surface area contributed by atoms with E-state index in [1.807, 2.05) is 55.7 Å². The summed E-state index contributed by atoms with van der Waals surface area (Å²) in [6.45, 7) is 3.44. The standard InChI is InChI=1S/C28H27FN4O2S/c1-17-7-14-23(36-3)16-24(17)28(35)31-21-11-8-19-5-4-6-26(25(19)15-21)33(32-18(2)27(30)34)22-12-9-20(29)10-13-22/h6-16H,4-5H2,1-3H3,(H2,30,34)(H,31,35)/b32-18+. The first-order valence-corrected chi connectivity index (χ1v) is 12.7. The van der Waals surface area contributed by atoms with Gasteiger partial charge in [-0.2, -0.15) is 5.10 Å². The monoisotopic (exact) mass is 502 g/mol. The van der Waals surface area contributed by atoms with Crippen LogP contribution in [0.3, 0.4) is 0 Å². The Hall–Kier alpha value is -3.91. The number of fused-ring (bicyclic) bond motifs is 1. The van der Waals surface area contributed by atoms with Crippen molar-refractivity contribution < 1.29 is 14.0 Å². The molecule has 0 saturated heterocycles. The quantitative estimate of drug-likeness (QED) is 0.244. The summed E-state index contributed by atoms with van der Waals surface area (Å²) in [5, 5.41) is 9.07. The maximum atomic E-state index is 13.6. The number of primary amides is 1. The summed E-state index contributed by atoms with van der Waals surface area (Å²) in [7, 11) is 0. The van der Waals surface area contributed by atoms with E-state index in [2.05, 4.69) is 10.4 Å². The molecular weight excluding hydrogens is 475 g/mol. The summed E-state index contributed by atoms with van der Waals surface area (Å²) >= 11 is 1.58. The second-order valence-electron chi connectivity index (χ2n) is 8.47. The molecule has 0 spiro atoms. The van der Waals surface area contributed by atoms with Crippen molar-refractivity contribution in [1.29, 1.82) is 0 Å². The smallest absolute Gasteiger partial charge is 0.264 e. The molecule has 0 aromatic heterocycles. The van der Waals surface area contributed by atoms with E-state index >= 15 is 0 Å². The van der Waals surface area contributed by atoms with Crippen molar-refractivity contribution in [3.05, 3.63) is 94.8 Å². The Bertz CT molecular complexity index is 1380. The molecule has 2 amide bonds. The molecule has 3 N–H and O–H groups in total. The van der Waals surface area contributed by atoms with Crippen LogP contribution in [0, 0.1) is 12.7 Å². The van der Waals surface area contributed by atoms with Gasteiger partial charge in [-0.25, -0.2) is 9.40 Å². The number of nitrogens with one attached hydrogen (secondary N) is 1. The Morgan fingerprint density at radius 3 is 2.53 bits per heavy atom. The van der Waals surface area contributed by atoms with Crippen LogP contribution in [0.4, 0.5) is 15.8 Å². The number of benzene rings is 3. The fourth-order valence-electron chi connectivity index (χ4n) is 3.99. The predicted octanol–water partition coefficient (Wildman–Crippen LogP) is 5.76. The van der Waals surface area contributed by atoms with Gasteiger partial charge >= 0.3 is 0 Å². The van der Waals surface area contributed by atoms with E-state index < -0.39 is 5.91 Å². The molecule has 8 heteroatoms. The minimum atomic E-state index is -0.650. The zero-order valence-corrected chi connectivity index (χ0v) is 21.2. The van der Waals surface area contributed by atoms with Crippen LogP contribution < -0.4 is 16.1 Å². The lowest BCUT2D eigenvalue weighted by Crippen LogP contribution is -2.26. The van der Waals surface area contributed by atoms with Crippen LogP contribution >= 0.6 is 11.8 Å². The molecule has 3 aromatic rings. The van der Waals surface area contributed by atoms with Gasteiger partial charge in [0.25, 0.3) is 11.8 Å². The zero-order valence-electron chi connectivity index (χ0n) is 20.3. The molecule has 1 aliphatic rings. The van der Waals surface area contributed by atoms with Gasteiger partial charge in [-0.15, -0.1) is 11.8 Å². The molecular formula is C28H27FN4O2S. The third-order valence-electron chi connectivity index (χ3n) is 5.99. The minimum Gasteiger partial charge on any atom is -0.365 e. The van der Waals surface area contributed by atoms with Crippen molar-refractivity contribution in [1.82, 2.24) is 0 Å². The van der Waals surface area contributed by atoms with Gasteiger partial charge in [0.1, 0.15) is 11.5 Å². The number of allylic oxidation sites excluding steroid dienone is 1. The normalized spacial score (nSPS) is 13.0. The summed E-state index contributed by atoms with van der Waals surface area (Å²) in [5.74, 6) is -1.22. The lowest BCUT2D eigenvalue weighted by Gasteiger charge is -2.28. The van der Waals surface area contributed by atoms with E-state index in [-0.39, 0.29) is 17.4 Å². The van der Waals surface area contributed by atoms with E-state index in [9.17, 15) is 14.0 Å². The molecule has 0 fully saturated rings. The summed E-state index contributed by atoms with van der Waals surface area (Å²) in [6, 6.07) is 17.4. The Balaban J connectivity index is 1.72. The SMILES string of the molecule is CSc1ccc(C)c(C(=O)Nc2ccc3c(c2)C(N(/N=C(\C)C(N)=O)c2ccc(F)cc2)=CCC3)c1. The van der Waals surface area contributed by atoms with Gasteiger partial charge in [-0.1, -0.05) is 18.2 Å². The number of hydrogen-bond donors (Lipinski definition) is 2. The van der Waals surface area contributed by atoms with Gasteiger partial charge in [0, 0.05) is 21.7 Å². The van der Waals surface area contributed by atoms with Gasteiger partial charge in [0.15, 0.2) is 0 Å². The van der Waals surface area contributed by atoms with E-state index in [0.717, 1.165) is 40.1 Å². The Morgan fingerprint density at radius 1 is 1.08 bits per heavy atom. The van der Waals surface area contributed by atoms with Crippen molar-refractivity contribution in [2.75, 3.05) is 16.6 Å². The summed E-state index contributed by atoms with van der Waals surface area (Å²) in [4.78, 5) is 25.9. The molecule has 0 bridgehead atoms. The average molecular weight is 503 g/mol. The van der Waals surface area contributed by atoms with Crippen LogP contribution in [0.25, 0.3) is 5.70 Å². The Morgan fingerprint density at radius 2 is 1.83 bits per heavy atom. The second-order valence-corrected chi connectivity index (χ2v) is 9.35. The average Bonchev–Trinajstić information content (AvgIpc) is 2.87. The number of nitrogens with two attached hydrogens (primary N) is 1. The second kappa shape index (κ2) is 10.8. The number of hydrogen-bond acceptors (Lipinski definition) is 5. The third-order valence-corrected chi connectivity index (χ3v) is 6.72. The highest BCUT2D eigenvalue weighted by molar-refractivity contribution is 7.98. The van der Waals surface area contributed by atoms with E-state index in [4.69, 9.17) is 5.73 Å². The summed E-state index contributed by atoms with van der Waals surface area (Å²) in [5.41, 5.74) is 10.9. The molecule has 3 aromatic carbocycles. The van der Waals surface area contributed by atoms with Gasteiger partial charge in [-0.05, 0) is 92.6 Å².